The lowest BCUT2D eigenvalue weighted by atomic mass is 10.0. The van der Waals surface area contributed by atoms with Crippen LogP contribution in [-0.4, -0.2) is 4.57 Å². The number of rotatable bonds is 4. The molecule has 112 valence electrons. The van der Waals surface area contributed by atoms with E-state index in [1.807, 2.05) is 16.7 Å². The summed E-state index contributed by atoms with van der Waals surface area (Å²) in [5, 5.41) is 0. The second-order valence-corrected chi connectivity index (χ2v) is 5.88. The number of nitrogens with zero attached hydrogens (tertiary/aromatic N) is 1. The minimum Gasteiger partial charge on any atom is -0.305 e. The van der Waals surface area contributed by atoms with E-state index < -0.39 is 0 Å². The first-order chi connectivity index (χ1) is 9.99. The molecule has 0 aliphatic rings. The zero-order valence-corrected chi connectivity index (χ0v) is 13.9. The maximum absolute atomic E-state index is 12.6. The van der Waals surface area contributed by atoms with Crippen LogP contribution < -0.4 is 5.56 Å². The minimum absolute atomic E-state index is 0.0232. The smallest absolute Gasteiger partial charge is 0.255 e. The highest BCUT2D eigenvalue weighted by molar-refractivity contribution is 6.17. The van der Waals surface area contributed by atoms with E-state index in [-0.39, 0.29) is 17.5 Å². The van der Waals surface area contributed by atoms with Crippen molar-refractivity contribution in [2.75, 3.05) is 0 Å². The molecule has 0 saturated heterocycles. The van der Waals surface area contributed by atoms with Gasteiger partial charge in [0.15, 0.2) is 0 Å². The molecule has 0 aliphatic carbocycles. The zero-order chi connectivity index (χ0) is 15.6. The molecule has 1 aromatic heterocycles. The van der Waals surface area contributed by atoms with E-state index in [2.05, 4.69) is 45.9 Å². The van der Waals surface area contributed by atoms with Gasteiger partial charge in [0.05, 0.1) is 11.6 Å². The van der Waals surface area contributed by atoms with E-state index in [9.17, 15) is 4.79 Å². The van der Waals surface area contributed by atoms with Crippen molar-refractivity contribution in [2.45, 2.75) is 46.0 Å². The first kappa shape index (κ1) is 15.8. The summed E-state index contributed by atoms with van der Waals surface area (Å²) >= 11 is 5.88. The fourth-order valence-electron chi connectivity index (χ4n) is 2.45. The normalized spacial score (nSPS) is 12.4. The predicted octanol–water partition coefficient (Wildman–Crippen LogP) is 4.84. The molecule has 0 fully saturated rings. The molecule has 1 aromatic carbocycles. The van der Waals surface area contributed by atoms with Crippen molar-refractivity contribution < 1.29 is 0 Å². The Hall–Kier alpha value is -1.54. The third kappa shape index (κ3) is 3.06. The van der Waals surface area contributed by atoms with Crippen LogP contribution in [0.4, 0.5) is 0 Å². The Morgan fingerprint density at radius 3 is 2.43 bits per heavy atom. The molecule has 1 atom stereocenters. The molecule has 2 aromatic rings. The number of aromatic nitrogens is 1. The number of halogens is 1. The highest BCUT2D eigenvalue weighted by atomic mass is 35.5. The van der Waals surface area contributed by atoms with Crippen molar-refractivity contribution in [3.8, 4) is 11.3 Å². The summed E-state index contributed by atoms with van der Waals surface area (Å²) in [5.74, 6) is 0.252. The second kappa shape index (κ2) is 6.48. The average molecular weight is 304 g/mol. The van der Waals surface area contributed by atoms with E-state index >= 15 is 0 Å². The first-order valence-corrected chi connectivity index (χ1v) is 7.91. The van der Waals surface area contributed by atoms with E-state index in [0.717, 1.165) is 17.7 Å². The van der Waals surface area contributed by atoms with Crippen LogP contribution in [0.15, 0.2) is 35.1 Å². The van der Waals surface area contributed by atoms with Crippen molar-refractivity contribution in [2.24, 2.45) is 0 Å². The van der Waals surface area contributed by atoms with E-state index in [1.54, 1.807) is 0 Å². The van der Waals surface area contributed by atoms with Crippen LogP contribution in [0.1, 0.15) is 43.0 Å². The monoisotopic (exact) mass is 303 g/mol. The molecule has 0 radical (unpaired) electrons. The number of alkyl halides is 1. The van der Waals surface area contributed by atoms with Crippen LogP contribution in [0.5, 0.6) is 0 Å². The molecule has 0 saturated carbocycles. The number of hydrogen-bond donors (Lipinski definition) is 0. The van der Waals surface area contributed by atoms with Gasteiger partial charge in [-0.3, -0.25) is 4.79 Å². The topological polar surface area (TPSA) is 22.0 Å². The van der Waals surface area contributed by atoms with Gasteiger partial charge < -0.3 is 4.57 Å². The van der Waals surface area contributed by atoms with Gasteiger partial charge >= 0.3 is 0 Å². The minimum atomic E-state index is 0.0232. The summed E-state index contributed by atoms with van der Waals surface area (Å²) in [6, 6.07) is 10.3. The van der Waals surface area contributed by atoms with Gasteiger partial charge in [0.1, 0.15) is 0 Å². The van der Waals surface area contributed by atoms with Crippen molar-refractivity contribution in [1.82, 2.24) is 4.57 Å². The number of aryl methyl sites for hydroxylation is 2. The highest BCUT2D eigenvalue weighted by Gasteiger charge is 2.14. The summed E-state index contributed by atoms with van der Waals surface area (Å²) in [5.41, 5.74) is 5.22. The van der Waals surface area contributed by atoms with Gasteiger partial charge in [-0.15, -0.1) is 11.6 Å². The zero-order valence-electron chi connectivity index (χ0n) is 13.1. The maximum Gasteiger partial charge on any atom is 0.255 e. The maximum atomic E-state index is 12.6. The van der Waals surface area contributed by atoms with Crippen LogP contribution in [0.3, 0.4) is 0 Å². The molecule has 2 rings (SSSR count). The van der Waals surface area contributed by atoms with E-state index in [0.29, 0.717) is 5.56 Å². The molecular formula is C18H22ClNO. The lowest BCUT2D eigenvalue weighted by Gasteiger charge is -2.20. The molecule has 0 spiro atoms. The Balaban J connectivity index is 2.70. The molecule has 1 heterocycles. The fourth-order valence-corrected chi connectivity index (χ4v) is 2.66. The molecular weight excluding hydrogens is 282 g/mol. The standard InChI is InChI=1S/C18H22ClNO/c1-5-14(4)20-17(9-8-16(11-19)18(20)21)15-7-6-12(2)13(3)10-15/h6-10,14H,5,11H2,1-4H3. The lowest BCUT2D eigenvalue weighted by molar-refractivity contribution is 0.517. The first-order valence-electron chi connectivity index (χ1n) is 7.37. The fraction of sp³-hybridized carbons (Fsp3) is 0.389. The van der Waals surface area contributed by atoms with Gasteiger partial charge in [-0.25, -0.2) is 0 Å². The molecule has 1 unspecified atom stereocenters. The summed E-state index contributed by atoms with van der Waals surface area (Å²) in [6.07, 6.45) is 0.906. The van der Waals surface area contributed by atoms with E-state index in [4.69, 9.17) is 11.6 Å². The van der Waals surface area contributed by atoms with Crippen molar-refractivity contribution in [3.63, 3.8) is 0 Å². The molecule has 0 amide bonds. The highest BCUT2D eigenvalue weighted by Crippen LogP contribution is 2.25. The number of hydrogen-bond acceptors (Lipinski definition) is 1. The van der Waals surface area contributed by atoms with Gasteiger partial charge in [0, 0.05) is 11.6 Å². The molecule has 0 bridgehead atoms. The Morgan fingerprint density at radius 1 is 1.14 bits per heavy atom. The lowest BCUT2D eigenvalue weighted by Crippen LogP contribution is -2.27. The number of pyridine rings is 1. The molecule has 0 N–H and O–H groups in total. The Kier molecular flexibility index (Phi) is 4.89. The summed E-state index contributed by atoms with van der Waals surface area (Å²) in [7, 11) is 0. The summed E-state index contributed by atoms with van der Waals surface area (Å²) in [4.78, 5) is 12.6. The van der Waals surface area contributed by atoms with Crippen LogP contribution in [0.2, 0.25) is 0 Å². The van der Waals surface area contributed by atoms with Gasteiger partial charge in [-0.2, -0.15) is 0 Å². The van der Waals surface area contributed by atoms with Gasteiger partial charge in [0.25, 0.3) is 5.56 Å². The van der Waals surface area contributed by atoms with Crippen molar-refractivity contribution in [1.29, 1.82) is 0 Å². The van der Waals surface area contributed by atoms with Crippen molar-refractivity contribution >= 4 is 11.6 Å². The van der Waals surface area contributed by atoms with Crippen LogP contribution in [0.25, 0.3) is 11.3 Å². The second-order valence-electron chi connectivity index (χ2n) is 5.61. The largest absolute Gasteiger partial charge is 0.305 e. The predicted molar refractivity (Wildman–Crippen MR) is 90.2 cm³/mol. The van der Waals surface area contributed by atoms with Crippen LogP contribution >= 0.6 is 11.6 Å². The molecule has 3 heteroatoms. The third-order valence-corrected chi connectivity index (χ3v) is 4.46. The van der Waals surface area contributed by atoms with Crippen molar-refractivity contribution in [3.05, 3.63) is 57.4 Å². The third-order valence-electron chi connectivity index (χ3n) is 4.17. The molecule has 0 aliphatic heterocycles. The average Bonchev–Trinajstić information content (AvgIpc) is 2.49. The van der Waals surface area contributed by atoms with Crippen LogP contribution in [0, 0.1) is 13.8 Å². The van der Waals surface area contributed by atoms with Gasteiger partial charge in [-0.05, 0) is 56.0 Å². The van der Waals surface area contributed by atoms with Crippen LogP contribution in [-0.2, 0) is 5.88 Å². The summed E-state index contributed by atoms with van der Waals surface area (Å²) in [6.45, 7) is 8.35. The molecule has 2 nitrogen and oxygen atoms in total. The Bertz CT molecular complexity index is 703. The van der Waals surface area contributed by atoms with Gasteiger partial charge in [-0.1, -0.05) is 25.1 Å². The molecule has 21 heavy (non-hydrogen) atoms. The summed E-state index contributed by atoms with van der Waals surface area (Å²) < 4.78 is 1.88. The quantitative estimate of drug-likeness (QED) is 0.741. The Morgan fingerprint density at radius 2 is 1.86 bits per heavy atom. The Labute approximate surface area is 131 Å². The van der Waals surface area contributed by atoms with E-state index in [1.165, 1.54) is 11.1 Å². The SMILES string of the molecule is CCC(C)n1c(-c2ccc(C)c(C)c2)ccc(CCl)c1=O. The van der Waals surface area contributed by atoms with Gasteiger partial charge in [0.2, 0.25) is 0 Å². The number of benzene rings is 1.